The molecule has 0 saturated carbocycles. The highest BCUT2D eigenvalue weighted by Crippen LogP contribution is 2.34. The summed E-state index contributed by atoms with van der Waals surface area (Å²) < 4.78 is 2.03. The first-order valence-electron chi connectivity index (χ1n) is 10.0. The lowest BCUT2D eigenvalue weighted by molar-refractivity contribution is 0.0966. The van der Waals surface area contributed by atoms with Gasteiger partial charge in [-0.05, 0) is 12.8 Å². The molecule has 0 spiro atoms. The van der Waals surface area contributed by atoms with E-state index >= 15 is 0 Å². The number of nitrogens with zero attached hydrogens (tertiary/aromatic N) is 4. The second kappa shape index (κ2) is 7.84. The van der Waals surface area contributed by atoms with Crippen molar-refractivity contribution in [3.05, 3.63) is 76.6 Å². The van der Waals surface area contributed by atoms with E-state index in [0.29, 0.717) is 16.8 Å². The van der Waals surface area contributed by atoms with Crippen LogP contribution in [0.1, 0.15) is 23.2 Å². The van der Waals surface area contributed by atoms with Crippen LogP contribution < -0.4 is 10.5 Å². The van der Waals surface area contributed by atoms with Crippen LogP contribution in [0.15, 0.2) is 65.5 Å². The Kier molecular flexibility index (Phi) is 4.88. The summed E-state index contributed by atoms with van der Waals surface area (Å²) in [7, 11) is 0. The first-order valence-corrected chi connectivity index (χ1v) is 10.8. The molecule has 0 atom stereocenters. The lowest BCUT2D eigenvalue weighted by Gasteiger charge is -2.11. The van der Waals surface area contributed by atoms with Gasteiger partial charge in [-0.2, -0.15) is 5.10 Å². The number of benzene rings is 2. The molecule has 0 aliphatic carbocycles. The van der Waals surface area contributed by atoms with E-state index in [0.717, 1.165) is 41.3 Å². The fourth-order valence-electron chi connectivity index (χ4n) is 3.74. The Morgan fingerprint density at radius 1 is 0.967 bits per heavy atom. The normalized spacial score (nSPS) is 13.8. The maximum absolute atomic E-state index is 13.2. The molecule has 0 unspecified atom stereocenters. The number of carbonyl (C=O) groups excluding carboxylic acids is 1. The van der Waals surface area contributed by atoms with Gasteiger partial charge in [0.05, 0.1) is 4.70 Å². The first kappa shape index (κ1) is 18.7. The Labute approximate surface area is 177 Å². The van der Waals surface area contributed by atoms with Crippen molar-refractivity contribution in [2.45, 2.75) is 19.4 Å². The van der Waals surface area contributed by atoms with Crippen LogP contribution in [0.25, 0.3) is 21.5 Å². The molecular weight excluding hydrogens is 396 g/mol. The van der Waals surface area contributed by atoms with Gasteiger partial charge < -0.3 is 4.90 Å². The number of carbonyl (C=O) groups is 1. The molecule has 4 aromatic rings. The van der Waals surface area contributed by atoms with Gasteiger partial charge in [-0.15, -0.1) is 0 Å². The van der Waals surface area contributed by atoms with Gasteiger partial charge in [0.15, 0.2) is 16.4 Å². The number of hydrogen-bond donors (Lipinski definition) is 0. The van der Waals surface area contributed by atoms with Gasteiger partial charge in [0, 0.05) is 24.2 Å². The highest BCUT2D eigenvalue weighted by molar-refractivity contribution is 7.22. The van der Waals surface area contributed by atoms with Gasteiger partial charge >= 0.3 is 0 Å². The zero-order valence-electron chi connectivity index (χ0n) is 16.3. The Hall–Kier alpha value is -3.32. The monoisotopic (exact) mass is 416 g/mol. The SMILES string of the molecule is O=C(Cn1nc(-c2ccccc2)c2sc(N3CCCC3)nc2c1=O)c1ccccc1. The minimum absolute atomic E-state index is 0.116. The summed E-state index contributed by atoms with van der Waals surface area (Å²) in [5.41, 5.74) is 2.21. The number of thiazole rings is 1. The van der Waals surface area contributed by atoms with Gasteiger partial charge in [-0.3, -0.25) is 9.59 Å². The summed E-state index contributed by atoms with van der Waals surface area (Å²) in [6.07, 6.45) is 2.27. The van der Waals surface area contributed by atoms with E-state index in [1.54, 1.807) is 12.1 Å². The van der Waals surface area contributed by atoms with Gasteiger partial charge in [-0.25, -0.2) is 9.67 Å². The van der Waals surface area contributed by atoms with Gasteiger partial charge in [-0.1, -0.05) is 72.0 Å². The number of rotatable bonds is 5. The zero-order chi connectivity index (χ0) is 20.5. The van der Waals surface area contributed by atoms with E-state index in [4.69, 9.17) is 0 Å². The molecule has 7 heteroatoms. The smallest absolute Gasteiger partial charge is 0.294 e. The number of Topliss-reactive ketones (excluding diaryl/α,β-unsaturated/α-hetero) is 1. The van der Waals surface area contributed by atoms with Crippen molar-refractivity contribution in [2.24, 2.45) is 0 Å². The average molecular weight is 417 g/mol. The van der Waals surface area contributed by atoms with Crippen LogP contribution in [0, 0.1) is 0 Å². The van der Waals surface area contributed by atoms with Crippen molar-refractivity contribution in [1.29, 1.82) is 0 Å². The Bertz CT molecular complexity index is 1260. The van der Waals surface area contributed by atoms with Crippen molar-refractivity contribution in [2.75, 3.05) is 18.0 Å². The minimum Gasteiger partial charge on any atom is -0.348 e. The Morgan fingerprint density at radius 3 is 2.33 bits per heavy atom. The molecule has 0 radical (unpaired) electrons. The molecule has 5 rings (SSSR count). The number of fused-ring (bicyclic) bond motifs is 1. The van der Waals surface area contributed by atoms with Gasteiger partial charge in [0.25, 0.3) is 5.56 Å². The first-order chi connectivity index (χ1) is 14.7. The standard InChI is InChI=1S/C23H20N4O2S/c28-18(16-9-3-1-4-10-16)15-27-22(29)20-21(19(25-27)17-11-5-2-6-12-17)30-23(24-20)26-13-7-8-14-26/h1-6,9-12H,7-8,13-15H2. The predicted octanol–water partition coefficient (Wildman–Crippen LogP) is 4.00. The minimum atomic E-state index is -0.323. The zero-order valence-corrected chi connectivity index (χ0v) is 17.1. The molecule has 3 heterocycles. The molecule has 0 N–H and O–H groups in total. The van der Waals surface area contributed by atoms with Crippen molar-refractivity contribution in [1.82, 2.24) is 14.8 Å². The van der Waals surface area contributed by atoms with E-state index in [-0.39, 0.29) is 17.9 Å². The third kappa shape index (κ3) is 3.41. The maximum Gasteiger partial charge on any atom is 0.294 e. The second-order valence-corrected chi connectivity index (χ2v) is 8.31. The largest absolute Gasteiger partial charge is 0.348 e. The molecule has 0 amide bonds. The van der Waals surface area contributed by atoms with E-state index in [2.05, 4.69) is 15.0 Å². The molecule has 1 saturated heterocycles. The van der Waals surface area contributed by atoms with E-state index in [1.165, 1.54) is 16.0 Å². The fraction of sp³-hybridized carbons (Fsp3) is 0.217. The molecule has 1 fully saturated rings. The van der Waals surface area contributed by atoms with Crippen molar-refractivity contribution >= 4 is 32.5 Å². The summed E-state index contributed by atoms with van der Waals surface area (Å²) in [6.45, 7) is 1.79. The molecule has 2 aromatic heterocycles. The number of aromatic nitrogens is 3. The summed E-state index contributed by atoms with van der Waals surface area (Å²) in [5.74, 6) is -0.154. The topological polar surface area (TPSA) is 68.1 Å². The third-order valence-corrected chi connectivity index (χ3v) is 6.42. The second-order valence-electron chi connectivity index (χ2n) is 7.33. The molecule has 6 nitrogen and oxygen atoms in total. The quantitative estimate of drug-likeness (QED) is 0.460. The number of anilines is 1. The molecule has 30 heavy (non-hydrogen) atoms. The van der Waals surface area contributed by atoms with Crippen LogP contribution >= 0.6 is 11.3 Å². The molecule has 1 aliphatic heterocycles. The molecule has 150 valence electrons. The lowest BCUT2D eigenvalue weighted by atomic mass is 10.1. The van der Waals surface area contributed by atoms with Crippen LogP contribution in [0.4, 0.5) is 5.13 Å². The molecular formula is C23H20N4O2S. The van der Waals surface area contributed by atoms with Crippen LogP contribution in [0.2, 0.25) is 0 Å². The fourth-order valence-corrected chi connectivity index (χ4v) is 4.85. The maximum atomic E-state index is 13.2. The Balaban J connectivity index is 1.65. The van der Waals surface area contributed by atoms with Crippen molar-refractivity contribution in [3.63, 3.8) is 0 Å². The third-order valence-electron chi connectivity index (χ3n) is 5.30. The average Bonchev–Trinajstić information content (AvgIpc) is 3.47. The summed E-state index contributed by atoms with van der Waals surface area (Å²) in [5, 5.41) is 5.46. The van der Waals surface area contributed by atoms with E-state index in [1.807, 2.05) is 48.5 Å². The van der Waals surface area contributed by atoms with Gasteiger partial charge in [0.2, 0.25) is 0 Å². The molecule has 2 aromatic carbocycles. The highest BCUT2D eigenvalue weighted by atomic mass is 32.1. The lowest BCUT2D eigenvalue weighted by Crippen LogP contribution is -2.27. The molecule has 0 bridgehead atoms. The van der Waals surface area contributed by atoms with Crippen LogP contribution in [-0.2, 0) is 6.54 Å². The van der Waals surface area contributed by atoms with Crippen LogP contribution in [0.5, 0.6) is 0 Å². The number of hydrogen-bond acceptors (Lipinski definition) is 6. The summed E-state index contributed by atoms with van der Waals surface area (Å²) in [6, 6.07) is 18.7. The number of ketones is 1. The van der Waals surface area contributed by atoms with Crippen LogP contribution in [-0.4, -0.2) is 33.6 Å². The van der Waals surface area contributed by atoms with Crippen molar-refractivity contribution in [3.8, 4) is 11.3 Å². The van der Waals surface area contributed by atoms with E-state index < -0.39 is 0 Å². The van der Waals surface area contributed by atoms with Gasteiger partial charge in [0.1, 0.15) is 12.2 Å². The summed E-state index contributed by atoms with van der Waals surface area (Å²) in [4.78, 5) is 32.8. The summed E-state index contributed by atoms with van der Waals surface area (Å²) >= 11 is 1.51. The Morgan fingerprint density at radius 2 is 1.63 bits per heavy atom. The van der Waals surface area contributed by atoms with Crippen molar-refractivity contribution < 1.29 is 4.79 Å². The highest BCUT2D eigenvalue weighted by Gasteiger charge is 2.22. The van der Waals surface area contributed by atoms with E-state index in [9.17, 15) is 9.59 Å². The van der Waals surface area contributed by atoms with Crippen LogP contribution in [0.3, 0.4) is 0 Å². The molecule has 1 aliphatic rings. The predicted molar refractivity (Wildman–Crippen MR) is 119 cm³/mol.